The van der Waals surface area contributed by atoms with Crippen molar-refractivity contribution in [3.05, 3.63) is 71.0 Å². The fourth-order valence-electron chi connectivity index (χ4n) is 4.32. The van der Waals surface area contributed by atoms with Crippen LogP contribution in [0.25, 0.3) is 34.3 Å². The zero-order valence-electron chi connectivity index (χ0n) is 19.1. The van der Waals surface area contributed by atoms with Crippen molar-refractivity contribution in [1.29, 1.82) is 0 Å². The molecule has 0 amide bonds. The van der Waals surface area contributed by atoms with E-state index in [4.69, 9.17) is 5.73 Å². The van der Waals surface area contributed by atoms with Crippen molar-refractivity contribution in [3.8, 4) is 11.3 Å². The highest BCUT2D eigenvalue weighted by atomic mass is 15.2. The number of nitrogens with two attached hydrogens (primary N) is 1. The van der Waals surface area contributed by atoms with Gasteiger partial charge in [-0.1, -0.05) is 30.3 Å². The number of piperazine rings is 1. The minimum Gasteiger partial charge on any atom is -0.368 e. The second-order valence-corrected chi connectivity index (χ2v) is 8.77. The number of aryl methyl sites for hydroxylation is 1. The summed E-state index contributed by atoms with van der Waals surface area (Å²) in [5.41, 5.74) is 13.2. The lowest BCUT2D eigenvalue weighted by atomic mass is 10.0. The third-order valence-electron chi connectivity index (χ3n) is 6.32. The standard InChI is InChI=1S/C26H29N7/c1-18-15-19(17-33-13-11-32(2)12-14-33)3-4-20(18)6-8-24-22-7-5-21(16-25(22)31-30-24)23-9-10-28-26(27)29-23/h3-10,15-16H,11-14,17H2,1-2H3,(H,30,31)(H2,27,28,29)/b8-6+. The molecule has 1 aliphatic rings. The Balaban J connectivity index is 1.32. The highest BCUT2D eigenvalue weighted by molar-refractivity contribution is 5.91. The summed E-state index contributed by atoms with van der Waals surface area (Å²) in [4.78, 5) is 13.2. The SMILES string of the molecule is Cc1cc(CN2CCN(C)CC2)ccc1/C=C/c1n[nH]c2cc(-c3ccnc(N)n3)ccc12. The first-order chi connectivity index (χ1) is 16.0. The molecule has 1 aliphatic heterocycles. The van der Waals surface area contributed by atoms with Crippen molar-refractivity contribution in [3.63, 3.8) is 0 Å². The van der Waals surface area contributed by atoms with Gasteiger partial charge in [-0.15, -0.1) is 0 Å². The van der Waals surface area contributed by atoms with E-state index < -0.39 is 0 Å². The van der Waals surface area contributed by atoms with Crippen LogP contribution in [0.3, 0.4) is 0 Å². The number of anilines is 1. The lowest BCUT2D eigenvalue weighted by Gasteiger charge is -2.32. The van der Waals surface area contributed by atoms with Gasteiger partial charge in [0.05, 0.1) is 16.9 Å². The van der Waals surface area contributed by atoms with Crippen LogP contribution in [0.2, 0.25) is 0 Å². The fraction of sp³-hybridized carbons (Fsp3) is 0.269. The van der Waals surface area contributed by atoms with Gasteiger partial charge >= 0.3 is 0 Å². The van der Waals surface area contributed by atoms with Crippen LogP contribution in [0, 0.1) is 6.92 Å². The Kier molecular flexibility index (Phi) is 5.90. The Morgan fingerprint density at radius 1 is 1.03 bits per heavy atom. The number of aromatic amines is 1. The molecule has 3 N–H and O–H groups in total. The summed E-state index contributed by atoms with van der Waals surface area (Å²) < 4.78 is 0. The first kappa shape index (κ1) is 21.3. The third-order valence-corrected chi connectivity index (χ3v) is 6.32. The number of aromatic nitrogens is 4. The summed E-state index contributed by atoms with van der Waals surface area (Å²) in [5, 5.41) is 8.72. The van der Waals surface area contributed by atoms with Crippen LogP contribution in [-0.2, 0) is 6.54 Å². The van der Waals surface area contributed by atoms with Crippen LogP contribution < -0.4 is 5.73 Å². The number of rotatable bonds is 5. The summed E-state index contributed by atoms with van der Waals surface area (Å²) >= 11 is 0. The fourth-order valence-corrected chi connectivity index (χ4v) is 4.32. The number of nitrogen functional groups attached to an aromatic ring is 1. The second kappa shape index (κ2) is 9.13. The summed E-state index contributed by atoms with van der Waals surface area (Å²) in [7, 11) is 2.19. The number of nitrogens with zero attached hydrogens (tertiary/aromatic N) is 5. The van der Waals surface area contributed by atoms with Crippen LogP contribution in [0.15, 0.2) is 48.7 Å². The van der Waals surface area contributed by atoms with Gasteiger partial charge in [-0.3, -0.25) is 10.00 Å². The Morgan fingerprint density at radius 2 is 1.88 bits per heavy atom. The van der Waals surface area contributed by atoms with E-state index >= 15 is 0 Å². The first-order valence-electron chi connectivity index (χ1n) is 11.3. The highest BCUT2D eigenvalue weighted by Gasteiger charge is 2.14. The summed E-state index contributed by atoms with van der Waals surface area (Å²) in [6.07, 6.45) is 5.88. The minimum absolute atomic E-state index is 0.269. The molecule has 2 aromatic carbocycles. The molecule has 0 radical (unpaired) electrons. The molecule has 5 rings (SSSR count). The lowest BCUT2D eigenvalue weighted by Crippen LogP contribution is -2.43. The van der Waals surface area contributed by atoms with Crippen LogP contribution in [0.5, 0.6) is 0 Å². The van der Waals surface area contributed by atoms with Gasteiger partial charge < -0.3 is 10.6 Å². The molecule has 7 nitrogen and oxygen atoms in total. The van der Waals surface area contributed by atoms with Gasteiger partial charge in [0.2, 0.25) is 5.95 Å². The third kappa shape index (κ3) is 4.79. The van der Waals surface area contributed by atoms with E-state index in [1.165, 1.54) is 16.7 Å². The van der Waals surface area contributed by atoms with Crippen molar-refractivity contribution in [2.75, 3.05) is 39.0 Å². The van der Waals surface area contributed by atoms with Crippen molar-refractivity contribution >= 4 is 29.0 Å². The molecule has 0 unspecified atom stereocenters. The Hall–Kier alpha value is -3.55. The van der Waals surface area contributed by atoms with Crippen LogP contribution in [0.1, 0.15) is 22.4 Å². The van der Waals surface area contributed by atoms with E-state index in [1.807, 2.05) is 18.2 Å². The van der Waals surface area contributed by atoms with E-state index in [2.05, 4.69) is 80.4 Å². The van der Waals surface area contributed by atoms with Gasteiger partial charge in [-0.25, -0.2) is 9.97 Å². The smallest absolute Gasteiger partial charge is 0.220 e. The van der Waals surface area contributed by atoms with Gasteiger partial charge in [0.15, 0.2) is 0 Å². The second-order valence-electron chi connectivity index (χ2n) is 8.77. The number of hydrogen-bond acceptors (Lipinski definition) is 6. The van der Waals surface area contributed by atoms with Crippen molar-refractivity contribution in [1.82, 2.24) is 30.0 Å². The summed E-state index contributed by atoms with van der Waals surface area (Å²) in [5.74, 6) is 0.269. The molecule has 1 fully saturated rings. The highest BCUT2D eigenvalue weighted by Crippen LogP contribution is 2.25. The largest absolute Gasteiger partial charge is 0.368 e. The van der Waals surface area contributed by atoms with Crippen molar-refractivity contribution < 1.29 is 0 Å². The average molecular weight is 440 g/mol. The molecule has 4 aromatic rings. The molecule has 1 saturated heterocycles. The summed E-state index contributed by atoms with van der Waals surface area (Å²) in [6.45, 7) is 7.75. The molecule has 7 heteroatoms. The minimum atomic E-state index is 0.269. The number of nitrogens with one attached hydrogen (secondary N) is 1. The quantitative estimate of drug-likeness (QED) is 0.492. The van der Waals surface area contributed by atoms with E-state index in [0.717, 1.165) is 60.6 Å². The van der Waals surface area contributed by atoms with Crippen molar-refractivity contribution in [2.24, 2.45) is 0 Å². The first-order valence-corrected chi connectivity index (χ1v) is 11.3. The molecule has 168 valence electrons. The van der Waals surface area contributed by atoms with Crippen LogP contribution in [0.4, 0.5) is 5.95 Å². The number of fused-ring (bicyclic) bond motifs is 1. The van der Waals surface area contributed by atoms with Gasteiger partial charge in [0.25, 0.3) is 0 Å². The molecular weight excluding hydrogens is 410 g/mol. The molecule has 0 bridgehead atoms. The van der Waals surface area contributed by atoms with Gasteiger partial charge in [-0.05, 0) is 54.9 Å². The van der Waals surface area contributed by atoms with E-state index in [-0.39, 0.29) is 5.95 Å². The zero-order chi connectivity index (χ0) is 22.8. The zero-order valence-corrected chi connectivity index (χ0v) is 19.1. The normalized spacial score (nSPS) is 15.6. The molecule has 33 heavy (non-hydrogen) atoms. The molecule has 0 aliphatic carbocycles. The number of benzene rings is 2. The Bertz CT molecular complexity index is 1300. The van der Waals surface area contributed by atoms with E-state index in [1.54, 1.807) is 6.20 Å². The van der Waals surface area contributed by atoms with Crippen LogP contribution >= 0.6 is 0 Å². The van der Waals surface area contributed by atoms with E-state index in [0.29, 0.717) is 0 Å². The Morgan fingerprint density at radius 3 is 2.67 bits per heavy atom. The molecule has 3 heterocycles. The monoisotopic (exact) mass is 439 g/mol. The number of likely N-dealkylation sites (N-methyl/N-ethyl adjacent to an activating group) is 1. The van der Waals surface area contributed by atoms with Crippen LogP contribution in [-0.4, -0.2) is 63.2 Å². The van der Waals surface area contributed by atoms with Gasteiger partial charge in [0, 0.05) is 49.9 Å². The summed E-state index contributed by atoms with van der Waals surface area (Å²) in [6, 6.07) is 14.8. The average Bonchev–Trinajstić information content (AvgIpc) is 3.22. The predicted molar refractivity (Wildman–Crippen MR) is 134 cm³/mol. The molecule has 2 aromatic heterocycles. The van der Waals surface area contributed by atoms with Gasteiger partial charge in [0.1, 0.15) is 0 Å². The Labute approximate surface area is 194 Å². The molecule has 0 spiro atoms. The number of hydrogen-bond donors (Lipinski definition) is 2. The topological polar surface area (TPSA) is 87.0 Å². The maximum Gasteiger partial charge on any atom is 0.220 e. The maximum atomic E-state index is 5.73. The van der Waals surface area contributed by atoms with Gasteiger partial charge in [-0.2, -0.15) is 5.10 Å². The maximum absolute atomic E-state index is 5.73. The molecular formula is C26H29N7. The predicted octanol–water partition coefficient (Wildman–Crippen LogP) is 3.83. The number of H-pyrrole nitrogens is 1. The molecule has 0 saturated carbocycles. The lowest BCUT2D eigenvalue weighted by molar-refractivity contribution is 0.148. The molecule has 0 atom stereocenters. The van der Waals surface area contributed by atoms with Crippen molar-refractivity contribution in [2.45, 2.75) is 13.5 Å². The van der Waals surface area contributed by atoms with E-state index in [9.17, 15) is 0 Å².